The van der Waals surface area contributed by atoms with Crippen LogP contribution in [0.25, 0.3) is 6.08 Å². The molecule has 0 atom stereocenters. The molecule has 1 N–H and O–H groups in total. The highest BCUT2D eigenvalue weighted by molar-refractivity contribution is 9.11. The normalized spacial score (nSPS) is 10.9. The number of thiophene rings is 1. The molecule has 5 heteroatoms. The van der Waals surface area contributed by atoms with Crippen LogP contribution in [0.15, 0.2) is 45.1 Å². The van der Waals surface area contributed by atoms with Gasteiger partial charge in [0.1, 0.15) is 11.6 Å². The van der Waals surface area contributed by atoms with Gasteiger partial charge in [-0.15, -0.1) is 11.3 Å². The monoisotopic (exact) mass is 346 g/mol. The number of nitrogens with one attached hydrogen (secondary N) is 1. The maximum atomic E-state index is 12.1. The Morgan fingerprint density at radius 1 is 1.45 bits per heavy atom. The van der Waals surface area contributed by atoms with Crippen molar-refractivity contribution in [3.63, 3.8) is 0 Å². The topological polar surface area (TPSA) is 52.9 Å². The number of para-hydroxylation sites is 1. The summed E-state index contributed by atoms with van der Waals surface area (Å²) in [5.74, 6) is -0.399. The Morgan fingerprint density at radius 3 is 2.80 bits per heavy atom. The van der Waals surface area contributed by atoms with E-state index in [-0.39, 0.29) is 5.57 Å². The molecule has 2 aromatic rings. The molecule has 1 amide bonds. The SMILES string of the molecule is Cc1ccccc1NC(=O)/C(C#N)=C/c1csc(Br)c1. The first kappa shape index (κ1) is 14.5. The summed E-state index contributed by atoms with van der Waals surface area (Å²) in [6.45, 7) is 1.90. The van der Waals surface area contributed by atoms with E-state index in [1.807, 2.05) is 48.7 Å². The molecule has 0 saturated heterocycles. The zero-order valence-electron chi connectivity index (χ0n) is 10.7. The minimum atomic E-state index is -0.399. The molecule has 2 rings (SSSR count). The molecular weight excluding hydrogens is 336 g/mol. The molecule has 0 aliphatic rings. The standard InChI is InChI=1S/C15H11BrN2OS/c1-10-4-2-3-5-13(10)18-15(19)12(8-17)6-11-7-14(16)20-9-11/h2-7,9H,1H3,(H,18,19)/b12-6+. The van der Waals surface area contributed by atoms with Crippen molar-refractivity contribution in [3.05, 3.63) is 56.2 Å². The number of benzene rings is 1. The molecule has 1 aromatic carbocycles. The average Bonchev–Trinajstić information content (AvgIpc) is 2.84. The Kier molecular flexibility index (Phi) is 4.72. The number of aryl methyl sites for hydroxylation is 1. The molecule has 0 bridgehead atoms. The second-order valence-electron chi connectivity index (χ2n) is 4.12. The van der Waals surface area contributed by atoms with Gasteiger partial charge in [0, 0.05) is 5.69 Å². The van der Waals surface area contributed by atoms with Crippen molar-refractivity contribution in [3.8, 4) is 6.07 Å². The van der Waals surface area contributed by atoms with Gasteiger partial charge in [-0.2, -0.15) is 5.26 Å². The Labute approximate surface area is 129 Å². The van der Waals surface area contributed by atoms with E-state index in [9.17, 15) is 4.79 Å². The molecule has 1 heterocycles. The van der Waals surface area contributed by atoms with E-state index in [1.54, 1.807) is 6.08 Å². The highest BCUT2D eigenvalue weighted by Gasteiger charge is 2.10. The summed E-state index contributed by atoms with van der Waals surface area (Å²) in [4.78, 5) is 12.1. The first-order valence-electron chi connectivity index (χ1n) is 5.83. The molecule has 100 valence electrons. The number of rotatable bonds is 3. The zero-order chi connectivity index (χ0) is 14.5. The second kappa shape index (κ2) is 6.51. The number of nitriles is 1. The molecular formula is C15H11BrN2OS. The fraction of sp³-hybridized carbons (Fsp3) is 0.0667. The van der Waals surface area contributed by atoms with E-state index in [4.69, 9.17) is 5.26 Å². The van der Waals surface area contributed by atoms with Crippen LogP contribution in [0.3, 0.4) is 0 Å². The average molecular weight is 347 g/mol. The third-order valence-corrected chi connectivity index (χ3v) is 4.18. The highest BCUT2D eigenvalue weighted by Crippen LogP contribution is 2.23. The summed E-state index contributed by atoms with van der Waals surface area (Å²) < 4.78 is 0.959. The number of amides is 1. The van der Waals surface area contributed by atoms with E-state index in [1.165, 1.54) is 11.3 Å². The molecule has 3 nitrogen and oxygen atoms in total. The molecule has 0 spiro atoms. The van der Waals surface area contributed by atoms with Crippen LogP contribution in [0.5, 0.6) is 0 Å². The Morgan fingerprint density at radius 2 is 2.20 bits per heavy atom. The van der Waals surface area contributed by atoms with Crippen molar-refractivity contribution in [1.29, 1.82) is 5.26 Å². The zero-order valence-corrected chi connectivity index (χ0v) is 13.1. The van der Waals surface area contributed by atoms with E-state index < -0.39 is 5.91 Å². The van der Waals surface area contributed by atoms with E-state index in [0.717, 1.165) is 14.9 Å². The maximum absolute atomic E-state index is 12.1. The Hall–Kier alpha value is -1.90. The van der Waals surface area contributed by atoms with Crippen LogP contribution in [0.1, 0.15) is 11.1 Å². The molecule has 0 unspecified atom stereocenters. The van der Waals surface area contributed by atoms with Crippen LogP contribution in [-0.2, 0) is 4.79 Å². The highest BCUT2D eigenvalue weighted by atomic mass is 79.9. The van der Waals surface area contributed by atoms with Gasteiger partial charge in [-0.05, 0) is 57.6 Å². The Balaban J connectivity index is 2.21. The molecule has 20 heavy (non-hydrogen) atoms. The van der Waals surface area contributed by atoms with E-state index >= 15 is 0 Å². The van der Waals surface area contributed by atoms with E-state index in [2.05, 4.69) is 21.2 Å². The largest absolute Gasteiger partial charge is 0.321 e. The van der Waals surface area contributed by atoms with Crippen molar-refractivity contribution in [2.45, 2.75) is 6.92 Å². The Bertz CT molecular complexity index is 713. The number of hydrogen-bond acceptors (Lipinski definition) is 3. The van der Waals surface area contributed by atoms with Gasteiger partial charge in [0.05, 0.1) is 3.79 Å². The fourth-order valence-corrected chi connectivity index (χ4v) is 2.75. The van der Waals surface area contributed by atoms with Crippen molar-refractivity contribution >= 4 is 44.9 Å². The van der Waals surface area contributed by atoms with Crippen LogP contribution in [0, 0.1) is 18.3 Å². The minimum Gasteiger partial charge on any atom is -0.321 e. The lowest BCUT2D eigenvalue weighted by atomic mass is 10.1. The molecule has 0 fully saturated rings. The number of halogens is 1. The smallest absolute Gasteiger partial charge is 0.266 e. The molecule has 0 saturated carbocycles. The maximum Gasteiger partial charge on any atom is 0.266 e. The molecule has 0 radical (unpaired) electrons. The number of anilines is 1. The third-order valence-electron chi connectivity index (χ3n) is 2.66. The van der Waals surface area contributed by atoms with Crippen LogP contribution >= 0.6 is 27.3 Å². The minimum absolute atomic E-state index is 0.0820. The summed E-state index contributed by atoms with van der Waals surface area (Å²) in [7, 11) is 0. The molecule has 0 aliphatic heterocycles. The van der Waals surface area contributed by atoms with Crippen LogP contribution < -0.4 is 5.32 Å². The van der Waals surface area contributed by atoms with Gasteiger partial charge in [-0.25, -0.2) is 0 Å². The van der Waals surface area contributed by atoms with Crippen molar-refractivity contribution < 1.29 is 4.79 Å². The summed E-state index contributed by atoms with van der Waals surface area (Å²) in [6, 6.07) is 11.3. The van der Waals surface area contributed by atoms with Gasteiger partial charge in [0.15, 0.2) is 0 Å². The summed E-state index contributed by atoms with van der Waals surface area (Å²) >= 11 is 4.86. The molecule has 0 aliphatic carbocycles. The van der Waals surface area contributed by atoms with Gasteiger partial charge in [-0.3, -0.25) is 4.79 Å². The predicted octanol–water partition coefficient (Wildman–Crippen LogP) is 4.36. The lowest BCUT2D eigenvalue weighted by Crippen LogP contribution is -2.14. The van der Waals surface area contributed by atoms with Gasteiger partial charge in [-0.1, -0.05) is 18.2 Å². The third kappa shape index (κ3) is 3.56. The van der Waals surface area contributed by atoms with Crippen molar-refractivity contribution in [2.75, 3.05) is 5.32 Å². The second-order valence-corrected chi connectivity index (χ2v) is 6.41. The number of carbonyl (C=O) groups is 1. The van der Waals surface area contributed by atoms with Crippen LogP contribution in [-0.4, -0.2) is 5.91 Å². The summed E-state index contributed by atoms with van der Waals surface area (Å²) in [6.07, 6.45) is 1.58. The predicted molar refractivity (Wildman–Crippen MR) is 85.4 cm³/mol. The lowest BCUT2D eigenvalue weighted by Gasteiger charge is -2.06. The number of nitrogens with zero attached hydrogens (tertiary/aromatic N) is 1. The van der Waals surface area contributed by atoms with Gasteiger partial charge in [0.25, 0.3) is 5.91 Å². The van der Waals surface area contributed by atoms with Gasteiger partial charge in [0.2, 0.25) is 0 Å². The quantitative estimate of drug-likeness (QED) is 0.662. The van der Waals surface area contributed by atoms with E-state index in [0.29, 0.717) is 5.69 Å². The number of carbonyl (C=O) groups excluding carboxylic acids is 1. The van der Waals surface area contributed by atoms with Gasteiger partial charge < -0.3 is 5.32 Å². The first-order chi connectivity index (χ1) is 9.60. The fourth-order valence-electron chi connectivity index (χ4n) is 1.62. The van der Waals surface area contributed by atoms with Crippen molar-refractivity contribution in [1.82, 2.24) is 0 Å². The van der Waals surface area contributed by atoms with Crippen LogP contribution in [0.2, 0.25) is 0 Å². The molecule has 1 aromatic heterocycles. The van der Waals surface area contributed by atoms with Crippen molar-refractivity contribution in [2.24, 2.45) is 0 Å². The van der Waals surface area contributed by atoms with Gasteiger partial charge >= 0.3 is 0 Å². The summed E-state index contributed by atoms with van der Waals surface area (Å²) in [5, 5.41) is 13.8. The number of hydrogen-bond donors (Lipinski definition) is 1. The van der Waals surface area contributed by atoms with Crippen LogP contribution in [0.4, 0.5) is 5.69 Å². The summed E-state index contributed by atoms with van der Waals surface area (Å²) in [5.41, 5.74) is 2.58. The lowest BCUT2D eigenvalue weighted by molar-refractivity contribution is -0.112. The first-order valence-corrected chi connectivity index (χ1v) is 7.50.